The van der Waals surface area contributed by atoms with Gasteiger partial charge in [-0.3, -0.25) is 13.9 Å². The largest absolute Gasteiger partial charge is 0.332 e. The van der Waals surface area contributed by atoms with Crippen LogP contribution in [0, 0.1) is 0 Å². The first-order valence-electron chi connectivity index (χ1n) is 8.12. The van der Waals surface area contributed by atoms with Crippen molar-refractivity contribution >= 4 is 5.82 Å². The molecule has 0 bridgehead atoms. The highest BCUT2D eigenvalue weighted by atomic mass is 16.2. The smallest absolute Gasteiger partial charge is 0.324 e. The van der Waals surface area contributed by atoms with Gasteiger partial charge in [0.15, 0.2) is 6.67 Å². The van der Waals surface area contributed by atoms with Gasteiger partial charge in [-0.1, -0.05) is 11.6 Å². The van der Waals surface area contributed by atoms with Gasteiger partial charge >= 0.3 is 5.69 Å². The number of hydrogen-bond acceptors (Lipinski definition) is 3. The molecule has 2 aliphatic rings. The van der Waals surface area contributed by atoms with Crippen LogP contribution in [-0.2, 0) is 20.6 Å². The van der Waals surface area contributed by atoms with Crippen molar-refractivity contribution < 1.29 is 4.90 Å². The Bertz CT molecular complexity index is 714. The second kappa shape index (κ2) is 6.12. The lowest BCUT2D eigenvalue weighted by atomic mass is 9.97. The molecule has 0 fully saturated rings. The van der Waals surface area contributed by atoms with Crippen LogP contribution >= 0.6 is 0 Å². The molecule has 1 aliphatic carbocycles. The second-order valence-corrected chi connectivity index (χ2v) is 6.42. The summed E-state index contributed by atoms with van der Waals surface area (Å²) in [5.74, 6) is 0.689. The highest BCUT2D eigenvalue weighted by Gasteiger charge is 2.25. The minimum Gasteiger partial charge on any atom is -0.324 e. The Morgan fingerprint density at radius 3 is 2.77 bits per heavy atom. The third-order valence-electron chi connectivity index (χ3n) is 4.88. The lowest BCUT2D eigenvalue weighted by molar-refractivity contribution is -0.912. The minimum absolute atomic E-state index is 0.167. The van der Waals surface area contributed by atoms with Gasteiger partial charge < -0.3 is 10.2 Å². The molecule has 0 saturated heterocycles. The van der Waals surface area contributed by atoms with Crippen molar-refractivity contribution in [3.63, 3.8) is 0 Å². The van der Waals surface area contributed by atoms with Gasteiger partial charge in [0.25, 0.3) is 5.56 Å². The molecule has 0 saturated carbocycles. The second-order valence-electron chi connectivity index (χ2n) is 6.42. The number of anilines is 1. The fraction of sp³-hybridized carbons (Fsp3) is 0.625. The van der Waals surface area contributed by atoms with E-state index in [2.05, 4.69) is 11.4 Å². The Morgan fingerprint density at radius 2 is 2.05 bits per heavy atom. The zero-order valence-corrected chi connectivity index (χ0v) is 13.4. The third-order valence-corrected chi connectivity index (χ3v) is 4.88. The van der Waals surface area contributed by atoms with E-state index in [1.165, 1.54) is 39.7 Å². The molecule has 0 radical (unpaired) electrons. The number of allylic oxidation sites excluding steroid dienone is 1. The van der Waals surface area contributed by atoms with Crippen LogP contribution in [0.15, 0.2) is 21.2 Å². The van der Waals surface area contributed by atoms with E-state index in [0.29, 0.717) is 12.4 Å². The van der Waals surface area contributed by atoms with E-state index in [4.69, 9.17) is 0 Å². The van der Waals surface area contributed by atoms with Crippen molar-refractivity contribution in [2.75, 3.05) is 18.5 Å². The van der Waals surface area contributed by atoms with Gasteiger partial charge in [0.2, 0.25) is 0 Å². The molecule has 3 rings (SSSR count). The normalized spacial score (nSPS) is 21.0. The number of hydrogen-bond donors (Lipinski definition) is 2. The molecule has 6 nitrogen and oxygen atoms in total. The summed E-state index contributed by atoms with van der Waals surface area (Å²) >= 11 is 0. The standard InChI is InChI=1S/C16H24N4O2/c1-18-14-13(15(21)19(2)16(18)22)10-20(11-17-14)9-8-12-6-4-3-5-7-12/h6,17H,3-5,7-11H2,1-2H3/p+1. The van der Waals surface area contributed by atoms with Gasteiger partial charge in [-0.25, -0.2) is 4.79 Å². The molecule has 1 unspecified atom stereocenters. The summed E-state index contributed by atoms with van der Waals surface area (Å²) in [6.07, 6.45) is 8.57. The Morgan fingerprint density at radius 1 is 1.23 bits per heavy atom. The summed E-state index contributed by atoms with van der Waals surface area (Å²) in [6, 6.07) is 0. The van der Waals surface area contributed by atoms with Crippen LogP contribution in [0.2, 0.25) is 0 Å². The molecule has 6 heteroatoms. The Labute approximate surface area is 130 Å². The summed E-state index contributed by atoms with van der Waals surface area (Å²) in [5.41, 5.74) is 1.85. The molecule has 1 aromatic heterocycles. The summed E-state index contributed by atoms with van der Waals surface area (Å²) in [4.78, 5) is 25.6. The van der Waals surface area contributed by atoms with E-state index in [-0.39, 0.29) is 11.2 Å². The Hall–Kier alpha value is -1.82. The van der Waals surface area contributed by atoms with E-state index in [1.54, 1.807) is 19.7 Å². The zero-order chi connectivity index (χ0) is 15.7. The van der Waals surface area contributed by atoms with Crippen molar-refractivity contribution in [2.45, 2.75) is 38.6 Å². The van der Waals surface area contributed by atoms with Gasteiger partial charge in [-0.2, -0.15) is 0 Å². The summed E-state index contributed by atoms with van der Waals surface area (Å²) < 4.78 is 2.74. The van der Waals surface area contributed by atoms with Crippen LogP contribution in [0.1, 0.15) is 37.7 Å². The van der Waals surface area contributed by atoms with Gasteiger partial charge in [-0.15, -0.1) is 0 Å². The molecule has 120 valence electrons. The summed E-state index contributed by atoms with van der Waals surface area (Å²) in [6.45, 7) is 2.49. The van der Waals surface area contributed by atoms with E-state index in [9.17, 15) is 9.59 Å². The van der Waals surface area contributed by atoms with Crippen LogP contribution in [0.25, 0.3) is 0 Å². The molecule has 1 atom stereocenters. The monoisotopic (exact) mass is 305 g/mol. The first kappa shape index (κ1) is 15.1. The number of nitrogens with one attached hydrogen (secondary N) is 2. The molecule has 1 aliphatic heterocycles. The van der Waals surface area contributed by atoms with Gasteiger partial charge in [0, 0.05) is 20.5 Å². The van der Waals surface area contributed by atoms with E-state index in [1.807, 2.05) is 0 Å². The number of nitrogens with zero attached hydrogens (tertiary/aromatic N) is 2. The summed E-state index contributed by atoms with van der Waals surface area (Å²) in [5, 5.41) is 3.27. The van der Waals surface area contributed by atoms with E-state index in [0.717, 1.165) is 25.2 Å². The highest BCUT2D eigenvalue weighted by Crippen LogP contribution is 2.19. The first-order chi connectivity index (χ1) is 10.6. The van der Waals surface area contributed by atoms with E-state index < -0.39 is 0 Å². The van der Waals surface area contributed by atoms with Crippen LogP contribution < -0.4 is 21.5 Å². The van der Waals surface area contributed by atoms with Gasteiger partial charge in [0.1, 0.15) is 17.9 Å². The van der Waals surface area contributed by atoms with Crippen molar-refractivity contribution in [3.05, 3.63) is 38.1 Å². The fourth-order valence-electron chi connectivity index (χ4n) is 3.47. The fourth-order valence-corrected chi connectivity index (χ4v) is 3.47. The minimum atomic E-state index is -0.271. The lowest BCUT2D eigenvalue weighted by Crippen LogP contribution is -3.12. The molecular weight excluding hydrogens is 280 g/mol. The zero-order valence-electron chi connectivity index (χ0n) is 13.4. The van der Waals surface area contributed by atoms with Crippen LogP contribution in [0.3, 0.4) is 0 Å². The number of aromatic nitrogens is 2. The van der Waals surface area contributed by atoms with Crippen molar-refractivity contribution in [3.8, 4) is 0 Å². The maximum Gasteiger partial charge on any atom is 0.332 e. The molecular formula is C16H25N4O2+. The van der Waals surface area contributed by atoms with Crippen molar-refractivity contribution in [2.24, 2.45) is 14.1 Å². The first-order valence-corrected chi connectivity index (χ1v) is 8.12. The van der Waals surface area contributed by atoms with Gasteiger partial charge in [0.05, 0.1) is 6.54 Å². The average molecular weight is 305 g/mol. The van der Waals surface area contributed by atoms with Crippen molar-refractivity contribution in [1.82, 2.24) is 9.13 Å². The maximum absolute atomic E-state index is 12.3. The SMILES string of the molecule is Cn1c2c(c(=O)n(C)c1=O)C[NH+](CCC1=CCCCC1)CN2. The molecule has 0 spiro atoms. The third kappa shape index (κ3) is 2.75. The molecule has 1 aromatic rings. The lowest BCUT2D eigenvalue weighted by Gasteiger charge is -2.28. The molecule has 22 heavy (non-hydrogen) atoms. The Balaban J connectivity index is 1.75. The summed E-state index contributed by atoms with van der Waals surface area (Å²) in [7, 11) is 3.26. The average Bonchev–Trinajstić information content (AvgIpc) is 2.57. The molecule has 0 amide bonds. The number of quaternary nitrogens is 1. The number of rotatable bonds is 3. The van der Waals surface area contributed by atoms with Crippen LogP contribution in [0.4, 0.5) is 5.82 Å². The highest BCUT2D eigenvalue weighted by molar-refractivity contribution is 5.43. The van der Waals surface area contributed by atoms with Crippen LogP contribution in [0.5, 0.6) is 0 Å². The quantitative estimate of drug-likeness (QED) is 0.757. The predicted octanol–water partition coefficient (Wildman–Crippen LogP) is -0.258. The topological polar surface area (TPSA) is 60.5 Å². The van der Waals surface area contributed by atoms with E-state index >= 15 is 0 Å². The van der Waals surface area contributed by atoms with Crippen LogP contribution in [-0.4, -0.2) is 22.3 Å². The van der Waals surface area contributed by atoms with Gasteiger partial charge in [-0.05, 0) is 25.7 Å². The van der Waals surface area contributed by atoms with Crippen molar-refractivity contribution in [1.29, 1.82) is 0 Å². The Kier molecular flexibility index (Phi) is 4.20. The molecule has 0 aromatic carbocycles. The predicted molar refractivity (Wildman–Crippen MR) is 86.1 cm³/mol. The molecule has 2 heterocycles. The molecule has 2 N–H and O–H groups in total. The maximum atomic E-state index is 12.3. The number of fused-ring (bicyclic) bond motifs is 1.